The average Bonchev–Trinajstić information content (AvgIpc) is 3.39. The molecule has 6 atom stereocenters. The molecule has 2 aromatic carbocycles. The van der Waals surface area contributed by atoms with Crippen molar-refractivity contribution in [1.82, 2.24) is 0 Å². The minimum absolute atomic E-state index is 0.115. The van der Waals surface area contributed by atoms with Gasteiger partial charge < -0.3 is 0 Å². The number of rotatable bonds is 2. The maximum Gasteiger partial charge on any atom is 0.183 e. The fourth-order valence-corrected chi connectivity index (χ4v) is 8.40. The second-order valence-electron chi connectivity index (χ2n) is 9.70. The van der Waals surface area contributed by atoms with Gasteiger partial charge in [0, 0.05) is 31.9 Å². The summed E-state index contributed by atoms with van der Waals surface area (Å²) >= 11 is 6.97. The van der Waals surface area contributed by atoms with Crippen molar-refractivity contribution >= 4 is 55.0 Å². The molecule has 2 saturated carbocycles. The molecule has 2 aromatic rings. The Morgan fingerprint density at radius 3 is 1.82 bits per heavy atom. The van der Waals surface area contributed by atoms with E-state index in [1.807, 2.05) is 48.5 Å². The van der Waals surface area contributed by atoms with Gasteiger partial charge in [-0.15, -0.1) is 0 Å². The van der Waals surface area contributed by atoms with Crippen molar-refractivity contribution in [2.75, 3.05) is 0 Å². The van der Waals surface area contributed by atoms with Crippen LogP contribution in [0.25, 0.3) is 0 Å². The first kappa shape index (κ1) is 20.7. The second kappa shape index (κ2) is 6.49. The molecule has 0 amide bonds. The fourth-order valence-electron chi connectivity index (χ4n) is 7.87. The summed E-state index contributed by atoms with van der Waals surface area (Å²) in [5.41, 5.74) is 0.268. The average molecular weight is 576 g/mol. The van der Waals surface area contributed by atoms with E-state index < -0.39 is 10.8 Å². The predicted molar refractivity (Wildman–Crippen MR) is 131 cm³/mol. The van der Waals surface area contributed by atoms with E-state index in [2.05, 4.69) is 31.9 Å². The van der Waals surface area contributed by atoms with Gasteiger partial charge in [-0.1, -0.05) is 56.1 Å². The highest BCUT2D eigenvalue weighted by atomic mass is 79.9. The summed E-state index contributed by atoms with van der Waals surface area (Å²) in [6.45, 7) is 0. The maximum atomic E-state index is 13.8. The first-order valence-corrected chi connectivity index (χ1v) is 12.7. The summed E-state index contributed by atoms with van der Waals surface area (Å²) in [4.78, 5) is 54.2. The molecule has 8 rings (SSSR count). The quantitative estimate of drug-likeness (QED) is 0.471. The van der Waals surface area contributed by atoms with Gasteiger partial charge in [-0.05, 0) is 71.5 Å². The van der Waals surface area contributed by atoms with Gasteiger partial charge in [0.25, 0.3) is 0 Å². The van der Waals surface area contributed by atoms with Crippen LogP contribution in [0, 0.1) is 22.7 Å². The SMILES string of the molecule is O=C1C=CC(=O)C2=C1[C@H]1[C@@H](c3ccc(Br)cc3)[C@H]3C24C(=O)C=CC(=O)C34[C@H]1c1ccc(Br)cc1. The van der Waals surface area contributed by atoms with Gasteiger partial charge in [-0.25, -0.2) is 0 Å². The lowest BCUT2D eigenvalue weighted by Crippen LogP contribution is -2.49. The molecule has 2 fully saturated rings. The molecule has 4 bridgehead atoms. The Bertz CT molecular complexity index is 1460. The number of ketones is 4. The number of allylic oxidation sites excluding steroid dienone is 6. The van der Waals surface area contributed by atoms with Crippen LogP contribution in [0.1, 0.15) is 23.0 Å². The van der Waals surface area contributed by atoms with Gasteiger partial charge in [0.15, 0.2) is 23.1 Å². The molecular formula is C28H16Br2O4. The van der Waals surface area contributed by atoms with E-state index in [1.54, 1.807) is 0 Å². The van der Waals surface area contributed by atoms with Crippen molar-refractivity contribution in [1.29, 1.82) is 0 Å². The van der Waals surface area contributed by atoms with Crippen LogP contribution in [0.4, 0.5) is 0 Å². The molecule has 6 aliphatic rings. The Morgan fingerprint density at radius 1 is 0.618 bits per heavy atom. The smallest absolute Gasteiger partial charge is 0.183 e. The molecular weight excluding hydrogens is 560 g/mol. The van der Waals surface area contributed by atoms with E-state index in [0.29, 0.717) is 5.57 Å². The van der Waals surface area contributed by atoms with Crippen LogP contribution in [0.3, 0.4) is 0 Å². The Hall–Kier alpha value is -2.70. The molecule has 6 heteroatoms. The van der Waals surface area contributed by atoms with Gasteiger partial charge in [0.05, 0.1) is 10.8 Å². The number of halogens is 2. The highest BCUT2D eigenvalue weighted by Gasteiger charge is 2.95. The van der Waals surface area contributed by atoms with Crippen LogP contribution in [-0.4, -0.2) is 23.1 Å². The molecule has 0 saturated heterocycles. The number of benzene rings is 2. The highest BCUT2D eigenvalue weighted by Crippen LogP contribution is 2.93. The third-order valence-corrected chi connectivity index (χ3v) is 9.74. The van der Waals surface area contributed by atoms with Gasteiger partial charge in [0.2, 0.25) is 0 Å². The Balaban J connectivity index is 1.59. The molecule has 2 spiro atoms. The predicted octanol–water partition coefficient (Wildman–Crippen LogP) is 5.04. The largest absolute Gasteiger partial charge is 0.294 e. The fraction of sp³-hybridized carbons (Fsp3) is 0.214. The van der Waals surface area contributed by atoms with Crippen LogP contribution in [0.15, 0.2) is 92.9 Å². The van der Waals surface area contributed by atoms with E-state index in [9.17, 15) is 19.2 Å². The van der Waals surface area contributed by atoms with Crippen LogP contribution >= 0.6 is 31.9 Å². The Kier molecular flexibility index (Phi) is 3.94. The molecule has 4 nitrogen and oxygen atoms in total. The standard InChI is InChI=1S/C28H16Br2O4/c29-15-5-1-13(2-6-15)21-23-22-17(31)9-10-18(32)25(22)28-20(34)12-11-19(33)27(28,26(21)28)24(23)14-3-7-16(30)8-4-14/h1-12,21,23-24,26H/t21-,23-,24+,26-,27?,28?/m1/s1. The molecule has 34 heavy (non-hydrogen) atoms. The molecule has 0 aromatic heterocycles. The molecule has 0 heterocycles. The summed E-state index contributed by atoms with van der Waals surface area (Å²) in [6.07, 6.45) is 5.31. The first-order chi connectivity index (χ1) is 16.3. The van der Waals surface area contributed by atoms with Crippen molar-refractivity contribution in [3.63, 3.8) is 0 Å². The number of carbonyl (C=O) groups excluding carboxylic acids is 4. The zero-order valence-corrected chi connectivity index (χ0v) is 20.8. The lowest BCUT2D eigenvalue weighted by atomic mass is 9.53. The molecule has 0 radical (unpaired) electrons. The van der Waals surface area contributed by atoms with E-state index in [4.69, 9.17) is 0 Å². The normalized spacial score (nSPS) is 36.6. The van der Waals surface area contributed by atoms with E-state index in [0.717, 1.165) is 20.1 Å². The summed E-state index contributed by atoms with van der Waals surface area (Å²) in [6, 6.07) is 15.6. The van der Waals surface area contributed by atoms with Gasteiger partial charge in [0.1, 0.15) is 0 Å². The second-order valence-corrected chi connectivity index (χ2v) is 11.5. The number of hydrogen-bond donors (Lipinski definition) is 0. The Morgan fingerprint density at radius 2 is 1.18 bits per heavy atom. The van der Waals surface area contributed by atoms with Crippen LogP contribution in [-0.2, 0) is 19.2 Å². The monoisotopic (exact) mass is 574 g/mol. The summed E-state index contributed by atoms with van der Waals surface area (Å²) in [5.74, 6) is -2.22. The van der Waals surface area contributed by atoms with Crippen LogP contribution in [0.5, 0.6) is 0 Å². The molecule has 0 N–H and O–H groups in total. The van der Waals surface area contributed by atoms with E-state index in [-0.39, 0.29) is 52.4 Å². The topological polar surface area (TPSA) is 68.3 Å². The molecule has 2 unspecified atom stereocenters. The van der Waals surface area contributed by atoms with Crippen molar-refractivity contribution < 1.29 is 19.2 Å². The lowest BCUT2D eigenvalue weighted by Gasteiger charge is -2.46. The number of hydrogen-bond acceptors (Lipinski definition) is 4. The van der Waals surface area contributed by atoms with Crippen LogP contribution < -0.4 is 0 Å². The lowest BCUT2D eigenvalue weighted by molar-refractivity contribution is -0.131. The third-order valence-electron chi connectivity index (χ3n) is 8.68. The first-order valence-electron chi connectivity index (χ1n) is 11.1. The minimum Gasteiger partial charge on any atom is -0.294 e. The Labute approximate surface area is 212 Å². The zero-order valence-electron chi connectivity index (χ0n) is 17.6. The van der Waals surface area contributed by atoms with E-state index in [1.165, 1.54) is 24.3 Å². The third kappa shape index (κ3) is 2.08. The highest BCUT2D eigenvalue weighted by molar-refractivity contribution is 9.10. The summed E-state index contributed by atoms with van der Waals surface area (Å²) < 4.78 is 1.83. The molecule has 6 aliphatic carbocycles. The van der Waals surface area contributed by atoms with Crippen molar-refractivity contribution in [2.45, 2.75) is 11.8 Å². The van der Waals surface area contributed by atoms with Crippen molar-refractivity contribution in [3.8, 4) is 0 Å². The van der Waals surface area contributed by atoms with E-state index >= 15 is 0 Å². The van der Waals surface area contributed by atoms with Gasteiger partial charge >= 0.3 is 0 Å². The number of carbonyl (C=O) groups is 4. The van der Waals surface area contributed by atoms with Crippen molar-refractivity contribution in [3.05, 3.63) is 104 Å². The van der Waals surface area contributed by atoms with Gasteiger partial charge in [-0.3, -0.25) is 19.2 Å². The summed E-state index contributed by atoms with van der Waals surface area (Å²) in [5, 5.41) is 0. The molecule has 0 aliphatic heterocycles. The molecule has 166 valence electrons. The zero-order chi connectivity index (χ0) is 23.6. The minimum atomic E-state index is -1.28. The van der Waals surface area contributed by atoms with Crippen LogP contribution in [0.2, 0.25) is 0 Å². The van der Waals surface area contributed by atoms with Gasteiger partial charge in [-0.2, -0.15) is 0 Å². The summed E-state index contributed by atoms with van der Waals surface area (Å²) in [7, 11) is 0. The van der Waals surface area contributed by atoms with Crippen molar-refractivity contribution in [2.24, 2.45) is 22.7 Å². The maximum absolute atomic E-state index is 13.8.